The van der Waals surface area contributed by atoms with Gasteiger partial charge >= 0.3 is 5.97 Å². The van der Waals surface area contributed by atoms with Crippen LogP contribution in [-0.2, 0) is 27.5 Å². The van der Waals surface area contributed by atoms with E-state index in [0.717, 1.165) is 17.4 Å². The predicted molar refractivity (Wildman–Crippen MR) is 135 cm³/mol. The van der Waals surface area contributed by atoms with Crippen LogP contribution < -0.4 is 9.47 Å². The molecule has 3 aromatic rings. The monoisotopic (exact) mass is 486 g/mol. The molecule has 0 amide bonds. The average Bonchev–Trinajstić information content (AvgIpc) is 3.35. The summed E-state index contributed by atoms with van der Waals surface area (Å²) in [4.78, 5) is 37.8. The van der Waals surface area contributed by atoms with Crippen molar-refractivity contribution in [3.05, 3.63) is 95.6 Å². The van der Waals surface area contributed by atoms with Gasteiger partial charge in [0.1, 0.15) is 31.0 Å². The van der Waals surface area contributed by atoms with E-state index in [2.05, 4.69) is 0 Å². The first-order valence-electron chi connectivity index (χ1n) is 12.1. The van der Waals surface area contributed by atoms with Gasteiger partial charge < -0.3 is 19.0 Å². The molecule has 0 bridgehead atoms. The summed E-state index contributed by atoms with van der Waals surface area (Å²) in [5, 5.41) is 0. The summed E-state index contributed by atoms with van der Waals surface area (Å²) >= 11 is 0. The van der Waals surface area contributed by atoms with Crippen LogP contribution in [0.2, 0.25) is 0 Å². The van der Waals surface area contributed by atoms with Crippen molar-refractivity contribution < 1.29 is 28.6 Å². The largest absolute Gasteiger partial charge is 0.489 e. The van der Waals surface area contributed by atoms with Crippen molar-refractivity contribution in [2.45, 2.75) is 32.5 Å². The molecular weight excluding hydrogens is 456 g/mol. The minimum atomic E-state index is -0.661. The molecule has 0 aliphatic heterocycles. The summed E-state index contributed by atoms with van der Waals surface area (Å²) in [6.45, 7) is 0.634. The van der Waals surface area contributed by atoms with E-state index in [-0.39, 0.29) is 24.7 Å². The molecule has 0 unspecified atom stereocenters. The molecule has 36 heavy (non-hydrogen) atoms. The van der Waals surface area contributed by atoms with Crippen LogP contribution in [0.1, 0.15) is 40.7 Å². The molecule has 186 valence electrons. The van der Waals surface area contributed by atoms with Gasteiger partial charge in [-0.2, -0.15) is 0 Å². The SMILES string of the molecule is COC(=O)[C@H]1CC[C@@H](CC=O)[C@@H]1C(=O)c1cc(OCc2ccccc2)ccc1OCc1ccccc1. The van der Waals surface area contributed by atoms with Gasteiger partial charge in [-0.3, -0.25) is 9.59 Å². The maximum absolute atomic E-state index is 14.0. The molecule has 1 aliphatic rings. The molecule has 0 N–H and O–H groups in total. The van der Waals surface area contributed by atoms with Crippen molar-refractivity contribution in [1.82, 2.24) is 0 Å². The van der Waals surface area contributed by atoms with Crippen molar-refractivity contribution in [2.24, 2.45) is 17.8 Å². The lowest BCUT2D eigenvalue weighted by Crippen LogP contribution is -2.31. The summed E-state index contributed by atoms with van der Waals surface area (Å²) < 4.78 is 17.0. The van der Waals surface area contributed by atoms with Gasteiger partial charge in [-0.1, -0.05) is 60.7 Å². The van der Waals surface area contributed by atoms with Gasteiger partial charge in [0, 0.05) is 12.3 Å². The van der Waals surface area contributed by atoms with Gasteiger partial charge in [0.05, 0.1) is 18.6 Å². The average molecular weight is 487 g/mol. The van der Waals surface area contributed by atoms with E-state index in [4.69, 9.17) is 14.2 Å². The fraction of sp³-hybridized carbons (Fsp3) is 0.300. The number of ether oxygens (including phenoxy) is 3. The van der Waals surface area contributed by atoms with Crippen LogP contribution in [0.4, 0.5) is 0 Å². The summed E-state index contributed by atoms with van der Waals surface area (Å²) in [7, 11) is 1.32. The minimum absolute atomic E-state index is 0.217. The third-order valence-electron chi connectivity index (χ3n) is 6.70. The van der Waals surface area contributed by atoms with Crippen LogP contribution in [0.5, 0.6) is 11.5 Å². The molecule has 4 rings (SSSR count). The molecule has 1 saturated carbocycles. The van der Waals surface area contributed by atoms with Gasteiger partial charge in [0.2, 0.25) is 0 Å². The number of methoxy groups -OCH3 is 1. The number of hydrogen-bond acceptors (Lipinski definition) is 6. The maximum atomic E-state index is 14.0. The van der Waals surface area contributed by atoms with Gasteiger partial charge in [-0.05, 0) is 48.1 Å². The molecule has 0 saturated heterocycles. The Hall–Kier alpha value is -3.93. The number of carbonyl (C=O) groups is 3. The Morgan fingerprint density at radius 1 is 0.861 bits per heavy atom. The van der Waals surface area contributed by atoms with Crippen LogP contribution in [0.3, 0.4) is 0 Å². The molecule has 1 aliphatic carbocycles. The summed E-state index contributed by atoms with van der Waals surface area (Å²) in [5.74, 6) is -1.21. The lowest BCUT2D eigenvalue weighted by Gasteiger charge is -2.23. The fourth-order valence-electron chi connectivity index (χ4n) is 4.86. The van der Waals surface area contributed by atoms with Crippen LogP contribution >= 0.6 is 0 Å². The quantitative estimate of drug-likeness (QED) is 0.204. The third-order valence-corrected chi connectivity index (χ3v) is 6.70. The Kier molecular flexibility index (Phi) is 8.50. The predicted octanol–water partition coefficient (Wildman–Crippen LogP) is 5.43. The van der Waals surface area contributed by atoms with Gasteiger partial charge in [0.15, 0.2) is 5.78 Å². The lowest BCUT2D eigenvalue weighted by molar-refractivity contribution is -0.146. The summed E-state index contributed by atoms with van der Waals surface area (Å²) in [5.41, 5.74) is 2.31. The number of Topliss-reactive ketones (excluding diaryl/α,β-unsaturated/α-hetero) is 1. The highest BCUT2D eigenvalue weighted by Gasteiger charge is 2.45. The molecule has 1 fully saturated rings. The Bertz CT molecular complexity index is 1170. The smallest absolute Gasteiger partial charge is 0.309 e. The number of carbonyl (C=O) groups excluding carboxylic acids is 3. The van der Waals surface area contributed by atoms with Gasteiger partial charge in [-0.15, -0.1) is 0 Å². The Labute approximate surface area is 211 Å². The minimum Gasteiger partial charge on any atom is -0.489 e. The van der Waals surface area contributed by atoms with E-state index >= 15 is 0 Å². The molecule has 0 radical (unpaired) electrons. The highest BCUT2D eigenvalue weighted by atomic mass is 16.5. The normalized spacial score (nSPS) is 18.9. The van der Waals surface area contributed by atoms with E-state index in [1.165, 1.54) is 7.11 Å². The topological polar surface area (TPSA) is 78.9 Å². The number of rotatable bonds is 11. The lowest BCUT2D eigenvalue weighted by atomic mass is 9.81. The number of hydrogen-bond donors (Lipinski definition) is 0. The van der Waals surface area contributed by atoms with Crippen LogP contribution in [0.25, 0.3) is 0 Å². The van der Waals surface area contributed by atoms with E-state index < -0.39 is 17.8 Å². The first-order chi connectivity index (χ1) is 17.6. The first kappa shape index (κ1) is 25.2. The summed E-state index contributed by atoms with van der Waals surface area (Å²) in [6, 6.07) is 24.6. The van der Waals surface area contributed by atoms with Crippen molar-refractivity contribution in [1.29, 1.82) is 0 Å². The maximum Gasteiger partial charge on any atom is 0.309 e. The van der Waals surface area contributed by atoms with Crippen LogP contribution in [0.15, 0.2) is 78.9 Å². The van der Waals surface area contributed by atoms with Gasteiger partial charge in [-0.25, -0.2) is 0 Å². The second kappa shape index (κ2) is 12.2. The molecule has 3 aromatic carbocycles. The Morgan fingerprint density at radius 2 is 1.50 bits per heavy atom. The van der Waals surface area contributed by atoms with E-state index in [9.17, 15) is 14.4 Å². The van der Waals surface area contributed by atoms with Gasteiger partial charge in [0.25, 0.3) is 0 Å². The second-order valence-electron chi connectivity index (χ2n) is 8.97. The molecule has 0 heterocycles. The van der Waals surface area contributed by atoms with Crippen molar-refractivity contribution in [3.63, 3.8) is 0 Å². The molecule has 0 aromatic heterocycles. The molecule has 6 heteroatoms. The highest BCUT2D eigenvalue weighted by Crippen LogP contribution is 2.43. The van der Waals surface area contributed by atoms with Crippen LogP contribution in [-0.4, -0.2) is 25.1 Å². The van der Waals surface area contributed by atoms with E-state index in [1.807, 2.05) is 60.7 Å². The zero-order chi connectivity index (χ0) is 25.3. The van der Waals surface area contributed by atoms with E-state index in [0.29, 0.717) is 36.5 Å². The standard InChI is InChI=1S/C30H30O6/c1-34-30(33)25-14-12-23(16-17-31)28(25)29(32)26-18-24(35-19-21-8-4-2-5-9-21)13-15-27(26)36-20-22-10-6-3-7-11-22/h2-11,13,15,17-18,23,25,28H,12,14,16,19-20H2,1H3/t23-,25-,28-/m0/s1. The molecule has 6 nitrogen and oxygen atoms in total. The first-order valence-corrected chi connectivity index (χ1v) is 12.1. The number of benzene rings is 3. The number of esters is 1. The molecule has 3 atom stereocenters. The van der Waals surface area contributed by atoms with Crippen molar-refractivity contribution in [3.8, 4) is 11.5 Å². The van der Waals surface area contributed by atoms with Crippen molar-refractivity contribution >= 4 is 18.0 Å². The zero-order valence-electron chi connectivity index (χ0n) is 20.3. The van der Waals surface area contributed by atoms with E-state index in [1.54, 1.807) is 18.2 Å². The zero-order valence-corrected chi connectivity index (χ0v) is 20.3. The third kappa shape index (κ3) is 6.00. The van der Waals surface area contributed by atoms with Crippen molar-refractivity contribution in [2.75, 3.05) is 7.11 Å². The fourth-order valence-corrected chi connectivity index (χ4v) is 4.86. The highest BCUT2D eigenvalue weighted by molar-refractivity contribution is 6.03. The molecule has 0 spiro atoms. The Morgan fingerprint density at radius 3 is 2.11 bits per heavy atom. The second-order valence-corrected chi connectivity index (χ2v) is 8.97. The number of aldehydes is 1. The number of ketones is 1. The molecular formula is C30H30O6. The summed E-state index contributed by atoms with van der Waals surface area (Å²) in [6.07, 6.45) is 2.15. The van der Waals surface area contributed by atoms with Crippen LogP contribution in [0, 0.1) is 17.8 Å². The Balaban J connectivity index is 1.64.